The van der Waals surface area contributed by atoms with Crippen LogP contribution in [-0.4, -0.2) is 34.0 Å². The Hall–Kier alpha value is -2.06. The normalized spacial score (nSPS) is 15.9. The number of hydrogen-bond donors (Lipinski definition) is 2. The molecule has 2 N–H and O–H groups in total. The lowest BCUT2D eigenvalue weighted by molar-refractivity contribution is 0.0929. The van der Waals surface area contributed by atoms with E-state index in [2.05, 4.69) is 20.9 Å². The Morgan fingerprint density at radius 3 is 2.70 bits per heavy atom. The van der Waals surface area contributed by atoms with E-state index in [0.29, 0.717) is 12.1 Å². The number of rotatable bonds is 5. The second kappa shape index (κ2) is 9.23. The first kappa shape index (κ1) is 21.2. The van der Waals surface area contributed by atoms with Crippen LogP contribution in [0.5, 0.6) is 0 Å². The first-order chi connectivity index (χ1) is 12.5. The number of carbonyl (C=O) groups is 1. The summed E-state index contributed by atoms with van der Waals surface area (Å²) in [5, 5.41) is 14.3. The maximum Gasteiger partial charge on any atom is 0.274 e. The predicted molar refractivity (Wildman–Crippen MR) is 100 cm³/mol. The summed E-state index contributed by atoms with van der Waals surface area (Å²) in [5.41, 5.74) is 1.19. The van der Waals surface area contributed by atoms with Crippen LogP contribution in [0.4, 0.5) is 8.78 Å². The summed E-state index contributed by atoms with van der Waals surface area (Å²) in [6, 6.07) is 3.03. The Bertz CT molecular complexity index is 792. The average molecular weight is 400 g/mol. The van der Waals surface area contributed by atoms with Crippen molar-refractivity contribution >= 4 is 18.3 Å². The molecule has 1 amide bonds. The summed E-state index contributed by atoms with van der Waals surface area (Å²) in [6.07, 6.45) is 2.34. The van der Waals surface area contributed by atoms with Crippen molar-refractivity contribution in [3.8, 4) is 0 Å². The Balaban J connectivity index is 0.00000261. The van der Waals surface area contributed by atoms with E-state index in [1.54, 1.807) is 4.68 Å². The van der Waals surface area contributed by atoms with Gasteiger partial charge in [-0.1, -0.05) is 18.2 Å². The molecule has 1 saturated heterocycles. The third-order valence-electron chi connectivity index (χ3n) is 4.85. The topological polar surface area (TPSA) is 71.8 Å². The highest BCUT2D eigenvalue weighted by Gasteiger charge is 2.25. The molecule has 148 valence electrons. The molecule has 1 atom stereocenters. The van der Waals surface area contributed by atoms with Gasteiger partial charge in [0.15, 0.2) is 5.69 Å². The van der Waals surface area contributed by atoms with Crippen molar-refractivity contribution < 1.29 is 13.6 Å². The quantitative estimate of drug-likeness (QED) is 0.810. The highest BCUT2D eigenvalue weighted by Crippen LogP contribution is 2.23. The van der Waals surface area contributed by atoms with Gasteiger partial charge in [0.25, 0.3) is 5.91 Å². The molecule has 1 aliphatic heterocycles. The number of nitrogens with zero attached hydrogens (tertiary/aromatic N) is 3. The number of halogens is 3. The van der Waals surface area contributed by atoms with Crippen molar-refractivity contribution in [2.45, 2.75) is 45.2 Å². The van der Waals surface area contributed by atoms with Gasteiger partial charge in [-0.05, 0) is 45.3 Å². The molecule has 3 rings (SSSR count). The van der Waals surface area contributed by atoms with E-state index in [1.165, 1.54) is 12.1 Å². The fourth-order valence-electron chi connectivity index (χ4n) is 3.36. The van der Waals surface area contributed by atoms with Crippen LogP contribution in [0.3, 0.4) is 0 Å². The monoisotopic (exact) mass is 399 g/mol. The molecule has 1 aromatic heterocycles. The summed E-state index contributed by atoms with van der Waals surface area (Å²) in [4.78, 5) is 12.6. The number of amides is 1. The molecule has 27 heavy (non-hydrogen) atoms. The first-order valence-corrected chi connectivity index (χ1v) is 8.89. The Morgan fingerprint density at radius 1 is 1.37 bits per heavy atom. The van der Waals surface area contributed by atoms with Gasteiger partial charge in [-0.2, -0.15) is 0 Å². The molecule has 1 aliphatic rings. The van der Waals surface area contributed by atoms with Gasteiger partial charge in [-0.3, -0.25) is 4.79 Å². The van der Waals surface area contributed by atoms with Crippen molar-refractivity contribution in [3.05, 3.63) is 46.8 Å². The molecule has 2 heterocycles. The Morgan fingerprint density at radius 2 is 2.07 bits per heavy atom. The zero-order valence-corrected chi connectivity index (χ0v) is 16.2. The van der Waals surface area contributed by atoms with Crippen molar-refractivity contribution in [1.82, 2.24) is 25.6 Å². The van der Waals surface area contributed by atoms with E-state index in [-0.39, 0.29) is 29.7 Å². The van der Waals surface area contributed by atoms with Gasteiger partial charge in [0.2, 0.25) is 0 Å². The van der Waals surface area contributed by atoms with Gasteiger partial charge >= 0.3 is 0 Å². The highest BCUT2D eigenvalue weighted by molar-refractivity contribution is 5.93. The van der Waals surface area contributed by atoms with Gasteiger partial charge in [0, 0.05) is 11.6 Å². The van der Waals surface area contributed by atoms with Crippen molar-refractivity contribution in [1.29, 1.82) is 0 Å². The third kappa shape index (κ3) is 4.62. The minimum atomic E-state index is -0.674. The van der Waals surface area contributed by atoms with Crippen LogP contribution in [0.2, 0.25) is 0 Å². The van der Waals surface area contributed by atoms with E-state index in [1.807, 2.05) is 13.8 Å². The number of piperidine rings is 1. The van der Waals surface area contributed by atoms with E-state index in [9.17, 15) is 13.6 Å². The van der Waals surface area contributed by atoms with Gasteiger partial charge in [0.05, 0.1) is 17.8 Å². The maximum absolute atomic E-state index is 14.0. The van der Waals surface area contributed by atoms with Crippen LogP contribution in [0.1, 0.15) is 60.0 Å². The van der Waals surface area contributed by atoms with Gasteiger partial charge in [-0.25, -0.2) is 13.5 Å². The molecule has 6 nitrogen and oxygen atoms in total. The Labute approximate surface area is 163 Å². The third-order valence-corrected chi connectivity index (χ3v) is 4.85. The summed E-state index contributed by atoms with van der Waals surface area (Å²) in [6.45, 7) is 5.46. The van der Waals surface area contributed by atoms with Crippen LogP contribution in [-0.2, 0) is 0 Å². The predicted octanol–water partition coefficient (Wildman–Crippen LogP) is 3.09. The highest BCUT2D eigenvalue weighted by atomic mass is 35.5. The number of benzene rings is 1. The average Bonchev–Trinajstić information content (AvgIpc) is 3.02. The number of hydrogen-bond acceptors (Lipinski definition) is 4. The summed E-state index contributed by atoms with van der Waals surface area (Å²) in [5.74, 6) is -1.72. The van der Waals surface area contributed by atoms with E-state index < -0.39 is 23.6 Å². The molecule has 2 aromatic rings. The second-order valence-electron chi connectivity index (χ2n) is 6.55. The number of carbonyl (C=O) groups excluding carboxylic acids is 1. The fraction of sp³-hybridized carbons (Fsp3) is 0.500. The molecule has 0 spiro atoms. The standard InChI is InChI=1S/C18H23F2N5O.ClH/c1-3-16(14-5-4-12(19)10-15(14)20)22-18(26)17-11(2)25(24-23-17)13-6-8-21-9-7-13;/h4-5,10,13,16,21H,3,6-9H2,1-2H3,(H,22,26);1H. The van der Waals surface area contributed by atoms with Crippen LogP contribution in [0.25, 0.3) is 0 Å². The van der Waals surface area contributed by atoms with E-state index in [0.717, 1.165) is 32.0 Å². The largest absolute Gasteiger partial charge is 0.344 e. The first-order valence-electron chi connectivity index (χ1n) is 8.89. The molecular formula is C18H24ClF2N5O. The molecule has 0 saturated carbocycles. The van der Waals surface area contributed by atoms with Crippen molar-refractivity contribution in [2.24, 2.45) is 0 Å². The lowest BCUT2D eigenvalue weighted by Crippen LogP contribution is -2.31. The summed E-state index contributed by atoms with van der Waals surface area (Å²) >= 11 is 0. The number of nitrogens with one attached hydrogen (secondary N) is 2. The van der Waals surface area contributed by atoms with E-state index in [4.69, 9.17) is 0 Å². The van der Waals surface area contributed by atoms with Gasteiger partial charge < -0.3 is 10.6 Å². The number of aromatic nitrogens is 3. The molecule has 0 radical (unpaired) electrons. The van der Waals surface area contributed by atoms with Gasteiger partial charge in [-0.15, -0.1) is 17.5 Å². The molecule has 1 unspecified atom stereocenters. The molecule has 0 aliphatic carbocycles. The van der Waals surface area contributed by atoms with Gasteiger partial charge in [0.1, 0.15) is 11.6 Å². The SMILES string of the molecule is CCC(NC(=O)c1nnn(C2CCNCC2)c1C)c1ccc(F)cc1F.Cl. The zero-order valence-electron chi connectivity index (χ0n) is 15.3. The van der Waals surface area contributed by atoms with Crippen molar-refractivity contribution in [3.63, 3.8) is 0 Å². The van der Waals surface area contributed by atoms with Crippen LogP contribution in [0.15, 0.2) is 18.2 Å². The summed E-state index contributed by atoms with van der Waals surface area (Å²) in [7, 11) is 0. The lowest BCUT2D eigenvalue weighted by Gasteiger charge is -2.23. The smallest absolute Gasteiger partial charge is 0.274 e. The molecule has 1 fully saturated rings. The fourth-order valence-corrected chi connectivity index (χ4v) is 3.36. The second-order valence-corrected chi connectivity index (χ2v) is 6.55. The lowest BCUT2D eigenvalue weighted by atomic mass is 10.0. The maximum atomic E-state index is 14.0. The van der Waals surface area contributed by atoms with Crippen LogP contribution < -0.4 is 10.6 Å². The molecule has 9 heteroatoms. The molecule has 0 bridgehead atoms. The minimum absolute atomic E-state index is 0. The summed E-state index contributed by atoms with van der Waals surface area (Å²) < 4.78 is 29.0. The Kier molecular flexibility index (Phi) is 7.26. The van der Waals surface area contributed by atoms with Crippen LogP contribution >= 0.6 is 12.4 Å². The minimum Gasteiger partial charge on any atom is -0.344 e. The van der Waals surface area contributed by atoms with E-state index >= 15 is 0 Å². The van der Waals surface area contributed by atoms with Crippen LogP contribution in [0, 0.1) is 18.6 Å². The molecule has 1 aromatic carbocycles. The molecular weight excluding hydrogens is 376 g/mol. The van der Waals surface area contributed by atoms with Crippen molar-refractivity contribution in [2.75, 3.05) is 13.1 Å². The zero-order chi connectivity index (χ0) is 18.7.